The van der Waals surface area contributed by atoms with Crippen LogP contribution in [0.4, 0.5) is 4.39 Å². The van der Waals surface area contributed by atoms with Crippen molar-refractivity contribution in [1.82, 2.24) is 4.90 Å². The zero-order chi connectivity index (χ0) is 11.5. The van der Waals surface area contributed by atoms with Gasteiger partial charge in [0, 0.05) is 24.7 Å². The minimum absolute atomic E-state index is 0.138. The molecule has 0 spiro atoms. The van der Waals surface area contributed by atoms with Gasteiger partial charge in [0.25, 0.3) is 0 Å². The van der Waals surface area contributed by atoms with E-state index >= 15 is 0 Å². The first-order valence-corrected chi connectivity index (χ1v) is 5.82. The largest absolute Gasteiger partial charge is 0.393 e. The van der Waals surface area contributed by atoms with Crippen LogP contribution in [0.5, 0.6) is 0 Å². The van der Waals surface area contributed by atoms with Crippen LogP contribution in [0, 0.1) is 5.82 Å². The van der Waals surface area contributed by atoms with E-state index in [1.807, 2.05) is 12.1 Å². The third-order valence-electron chi connectivity index (χ3n) is 3.32. The molecule has 2 nitrogen and oxygen atoms in total. The highest BCUT2D eigenvalue weighted by molar-refractivity contribution is 5.17. The molecule has 1 N–H and O–H groups in total. The smallest absolute Gasteiger partial charge is 0.127 e. The Morgan fingerprint density at radius 3 is 2.88 bits per heavy atom. The number of nitrogens with zero attached hydrogens (tertiary/aromatic N) is 1. The van der Waals surface area contributed by atoms with Gasteiger partial charge >= 0.3 is 0 Å². The molecule has 16 heavy (non-hydrogen) atoms. The number of aliphatic hydroxyl groups excluding tert-OH is 1. The maximum absolute atomic E-state index is 13.5. The Balaban J connectivity index is 2.02. The van der Waals surface area contributed by atoms with Crippen molar-refractivity contribution in [2.45, 2.75) is 38.5 Å². The van der Waals surface area contributed by atoms with Crippen molar-refractivity contribution >= 4 is 0 Å². The maximum atomic E-state index is 13.5. The molecule has 1 aromatic carbocycles. The molecule has 2 atom stereocenters. The monoisotopic (exact) mass is 223 g/mol. The number of benzene rings is 1. The first-order valence-electron chi connectivity index (χ1n) is 5.82. The van der Waals surface area contributed by atoms with Crippen molar-refractivity contribution in [3.63, 3.8) is 0 Å². The summed E-state index contributed by atoms with van der Waals surface area (Å²) in [7, 11) is 0. The molecular weight excluding hydrogens is 205 g/mol. The van der Waals surface area contributed by atoms with Gasteiger partial charge < -0.3 is 5.11 Å². The van der Waals surface area contributed by atoms with Gasteiger partial charge in [-0.3, -0.25) is 4.90 Å². The molecule has 1 aliphatic rings. The Hall–Kier alpha value is -0.930. The van der Waals surface area contributed by atoms with Gasteiger partial charge in [-0.2, -0.15) is 0 Å². The number of piperidine rings is 1. The lowest BCUT2D eigenvalue weighted by atomic mass is 10.00. The molecule has 1 aliphatic heterocycles. The summed E-state index contributed by atoms with van der Waals surface area (Å²) in [6, 6.07) is 7.22. The molecule has 3 heteroatoms. The summed E-state index contributed by atoms with van der Waals surface area (Å²) >= 11 is 0. The van der Waals surface area contributed by atoms with Crippen LogP contribution >= 0.6 is 0 Å². The molecule has 88 valence electrons. The molecule has 0 saturated carbocycles. The summed E-state index contributed by atoms with van der Waals surface area (Å²) in [5.74, 6) is -0.138. The van der Waals surface area contributed by atoms with Crippen LogP contribution in [0.25, 0.3) is 0 Å². The fourth-order valence-corrected chi connectivity index (χ4v) is 2.28. The van der Waals surface area contributed by atoms with Crippen molar-refractivity contribution in [3.8, 4) is 0 Å². The quantitative estimate of drug-likeness (QED) is 0.830. The van der Waals surface area contributed by atoms with Gasteiger partial charge in [-0.1, -0.05) is 18.2 Å². The van der Waals surface area contributed by atoms with Crippen LogP contribution in [0.2, 0.25) is 0 Å². The summed E-state index contributed by atoms with van der Waals surface area (Å²) in [6.45, 7) is 3.57. The highest BCUT2D eigenvalue weighted by atomic mass is 19.1. The number of hydrogen-bond acceptors (Lipinski definition) is 2. The van der Waals surface area contributed by atoms with Gasteiger partial charge in [-0.05, 0) is 25.8 Å². The lowest BCUT2D eigenvalue weighted by Gasteiger charge is -2.35. The topological polar surface area (TPSA) is 23.5 Å². The second-order valence-corrected chi connectivity index (χ2v) is 4.59. The molecule has 0 aromatic heterocycles. The van der Waals surface area contributed by atoms with Crippen LogP contribution in [0.15, 0.2) is 24.3 Å². The average Bonchev–Trinajstić information content (AvgIpc) is 2.25. The summed E-state index contributed by atoms with van der Waals surface area (Å²) < 4.78 is 13.5. The Labute approximate surface area is 95.7 Å². The maximum Gasteiger partial charge on any atom is 0.127 e. The zero-order valence-electron chi connectivity index (χ0n) is 9.56. The van der Waals surface area contributed by atoms with Crippen LogP contribution in [-0.4, -0.2) is 28.7 Å². The van der Waals surface area contributed by atoms with Crippen molar-refractivity contribution in [2.75, 3.05) is 6.54 Å². The Morgan fingerprint density at radius 1 is 1.44 bits per heavy atom. The summed E-state index contributed by atoms with van der Waals surface area (Å²) in [5.41, 5.74) is 0.741. The van der Waals surface area contributed by atoms with Crippen LogP contribution in [0.1, 0.15) is 25.3 Å². The summed E-state index contributed by atoms with van der Waals surface area (Å²) in [6.07, 6.45) is 1.39. The molecule has 0 aliphatic carbocycles. The molecular formula is C13H18FNO. The lowest BCUT2D eigenvalue weighted by molar-refractivity contribution is 0.0437. The van der Waals surface area contributed by atoms with Crippen LogP contribution < -0.4 is 0 Å². The number of hydrogen-bond donors (Lipinski definition) is 1. The summed E-state index contributed by atoms with van der Waals surface area (Å²) in [4.78, 5) is 2.23. The summed E-state index contributed by atoms with van der Waals surface area (Å²) in [5, 5.41) is 9.52. The van der Waals surface area contributed by atoms with E-state index < -0.39 is 0 Å². The molecule has 0 bridgehead atoms. The highest BCUT2D eigenvalue weighted by Gasteiger charge is 2.24. The Morgan fingerprint density at radius 2 is 2.19 bits per heavy atom. The Kier molecular flexibility index (Phi) is 3.56. The number of rotatable bonds is 2. The molecule has 0 radical (unpaired) electrons. The number of halogens is 1. The van der Waals surface area contributed by atoms with E-state index in [0.29, 0.717) is 12.6 Å². The van der Waals surface area contributed by atoms with E-state index in [1.54, 1.807) is 6.07 Å². The Bertz CT molecular complexity index is 356. The van der Waals surface area contributed by atoms with Gasteiger partial charge in [0.15, 0.2) is 0 Å². The minimum Gasteiger partial charge on any atom is -0.393 e. The van der Waals surface area contributed by atoms with E-state index in [1.165, 1.54) is 6.07 Å². The van der Waals surface area contributed by atoms with Crippen molar-refractivity contribution < 1.29 is 9.50 Å². The van der Waals surface area contributed by atoms with Crippen molar-refractivity contribution in [3.05, 3.63) is 35.6 Å². The molecule has 1 saturated heterocycles. The predicted octanol–water partition coefficient (Wildman–Crippen LogP) is 2.17. The number of aliphatic hydroxyl groups is 1. The van der Waals surface area contributed by atoms with Crippen LogP contribution in [0.3, 0.4) is 0 Å². The van der Waals surface area contributed by atoms with E-state index in [0.717, 1.165) is 24.9 Å². The highest BCUT2D eigenvalue weighted by Crippen LogP contribution is 2.20. The van der Waals surface area contributed by atoms with Gasteiger partial charge in [0.2, 0.25) is 0 Å². The zero-order valence-corrected chi connectivity index (χ0v) is 9.56. The third-order valence-corrected chi connectivity index (χ3v) is 3.32. The first kappa shape index (κ1) is 11.6. The van der Waals surface area contributed by atoms with Gasteiger partial charge in [-0.25, -0.2) is 4.39 Å². The minimum atomic E-state index is -0.188. The normalized spacial score (nSPS) is 26.9. The second-order valence-electron chi connectivity index (χ2n) is 4.59. The fourth-order valence-electron chi connectivity index (χ4n) is 2.28. The fraction of sp³-hybridized carbons (Fsp3) is 0.538. The molecule has 1 aromatic rings. The van der Waals surface area contributed by atoms with E-state index in [2.05, 4.69) is 11.8 Å². The lowest BCUT2D eigenvalue weighted by Crippen LogP contribution is -2.42. The van der Waals surface area contributed by atoms with Gasteiger partial charge in [0.1, 0.15) is 5.82 Å². The second kappa shape index (κ2) is 4.93. The standard InChI is InChI=1S/C13H18FNO/c1-10-8-12(16)6-7-15(10)9-11-4-2-3-5-13(11)14/h2-5,10,12,16H,6-9H2,1H3/t10-,12-/m0/s1. The third kappa shape index (κ3) is 2.60. The SMILES string of the molecule is C[C@H]1C[C@@H](O)CCN1Cc1ccccc1F. The van der Waals surface area contributed by atoms with Gasteiger partial charge in [-0.15, -0.1) is 0 Å². The first-order chi connectivity index (χ1) is 7.66. The molecule has 1 fully saturated rings. The predicted molar refractivity (Wildman–Crippen MR) is 61.5 cm³/mol. The molecule has 1 heterocycles. The number of likely N-dealkylation sites (tertiary alicyclic amines) is 1. The molecule has 0 amide bonds. The van der Waals surface area contributed by atoms with E-state index in [9.17, 15) is 9.50 Å². The van der Waals surface area contributed by atoms with Crippen molar-refractivity contribution in [1.29, 1.82) is 0 Å². The van der Waals surface area contributed by atoms with Crippen LogP contribution in [-0.2, 0) is 6.54 Å². The van der Waals surface area contributed by atoms with E-state index in [-0.39, 0.29) is 11.9 Å². The molecule has 0 unspecified atom stereocenters. The molecule has 2 rings (SSSR count). The van der Waals surface area contributed by atoms with Gasteiger partial charge in [0.05, 0.1) is 6.10 Å². The van der Waals surface area contributed by atoms with E-state index in [4.69, 9.17) is 0 Å². The average molecular weight is 223 g/mol. The van der Waals surface area contributed by atoms with Crippen molar-refractivity contribution in [2.24, 2.45) is 0 Å².